The van der Waals surface area contributed by atoms with E-state index in [0.29, 0.717) is 41.5 Å². The van der Waals surface area contributed by atoms with Gasteiger partial charge in [-0.2, -0.15) is 0 Å². The molecule has 1 aromatic rings. The summed E-state index contributed by atoms with van der Waals surface area (Å²) >= 11 is 12.9. The number of alkyl halides is 1. The first-order valence-electron chi connectivity index (χ1n) is 15.6. The van der Waals surface area contributed by atoms with Gasteiger partial charge in [0.25, 0.3) is 11.8 Å². The molecular formula is C35H45Cl2N3O4. The average molecular weight is 643 g/mol. The first-order valence-corrected chi connectivity index (χ1v) is 16.4. The summed E-state index contributed by atoms with van der Waals surface area (Å²) in [6.45, 7) is 12.7. The fourth-order valence-electron chi connectivity index (χ4n) is 6.37. The zero-order valence-electron chi connectivity index (χ0n) is 26.6. The van der Waals surface area contributed by atoms with Crippen molar-refractivity contribution in [3.63, 3.8) is 0 Å². The molecule has 1 spiro atoms. The topological polar surface area (TPSA) is 99.1 Å². The van der Waals surface area contributed by atoms with Crippen molar-refractivity contribution in [3.8, 4) is 0 Å². The molecule has 4 atom stereocenters. The molecular weight excluding hydrogens is 597 g/mol. The van der Waals surface area contributed by atoms with Crippen LogP contribution in [0.4, 0.5) is 0 Å². The molecule has 0 aromatic heterocycles. The second kappa shape index (κ2) is 13.6. The number of allylic oxidation sites excluding steroid dienone is 4. The van der Waals surface area contributed by atoms with Gasteiger partial charge >= 0.3 is 5.97 Å². The standard InChI is InChI=1S/C35H45Cl2N3O4/c1-21(2)7-12-29(23-8-10-24(11-9-23)32(43)38-22(3)17-30(41)42)40-33(44)31(25-18-27(36)20-28(37)19-25)39-35(40)15-13-26(14-16-35)34(4,5)6/h8-11,13,18,20-22,28-29H,7,12,14-17,19H2,1-6H3,(H,38,43)(H,41,42)/t22-,28?,29?,35?/m0/s1. The SMILES string of the molecule is CC(C)CCC(c1ccc(C(=O)N[C@@H](C)CC(=O)O)cc1)N1C(=O)C(C2=CC(Cl)=CC(Cl)C2)=NC12CC=C(C(C)(C)C)CC2. The van der Waals surface area contributed by atoms with Gasteiger partial charge in [0.05, 0.1) is 17.8 Å². The van der Waals surface area contributed by atoms with Gasteiger partial charge in [0, 0.05) is 23.1 Å². The van der Waals surface area contributed by atoms with Gasteiger partial charge in [-0.3, -0.25) is 19.4 Å². The molecule has 3 unspecified atom stereocenters. The van der Waals surface area contributed by atoms with E-state index >= 15 is 0 Å². The third-order valence-electron chi connectivity index (χ3n) is 8.74. The lowest BCUT2D eigenvalue weighted by Gasteiger charge is -2.44. The van der Waals surface area contributed by atoms with Crippen molar-refractivity contribution in [3.05, 3.63) is 69.8 Å². The van der Waals surface area contributed by atoms with Gasteiger partial charge in [-0.1, -0.05) is 70.0 Å². The minimum absolute atomic E-state index is 0.0348. The fourth-order valence-corrected chi connectivity index (χ4v) is 7.02. The van der Waals surface area contributed by atoms with E-state index in [1.165, 1.54) is 5.57 Å². The predicted octanol–water partition coefficient (Wildman–Crippen LogP) is 7.95. The molecule has 0 saturated carbocycles. The Labute approximate surface area is 271 Å². The summed E-state index contributed by atoms with van der Waals surface area (Å²) in [7, 11) is 0. The van der Waals surface area contributed by atoms with E-state index in [9.17, 15) is 14.4 Å². The van der Waals surface area contributed by atoms with E-state index in [4.69, 9.17) is 33.3 Å². The number of hydrogen-bond donors (Lipinski definition) is 2. The van der Waals surface area contributed by atoms with Gasteiger partial charge in [-0.05, 0) is 85.8 Å². The molecule has 2 aliphatic carbocycles. The third-order valence-corrected chi connectivity index (χ3v) is 9.25. The number of halogens is 2. The van der Waals surface area contributed by atoms with Crippen molar-refractivity contribution in [2.24, 2.45) is 16.3 Å². The average Bonchev–Trinajstić information content (AvgIpc) is 3.19. The minimum Gasteiger partial charge on any atom is -0.481 e. The van der Waals surface area contributed by atoms with Crippen LogP contribution in [0.1, 0.15) is 108 Å². The van der Waals surface area contributed by atoms with Crippen LogP contribution in [0, 0.1) is 11.3 Å². The quantitative estimate of drug-likeness (QED) is 0.200. The van der Waals surface area contributed by atoms with Crippen molar-refractivity contribution < 1.29 is 19.5 Å². The Hall–Kier alpha value is -2.90. The summed E-state index contributed by atoms with van der Waals surface area (Å²) in [5.41, 5.74) is 3.24. The molecule has 3 aliphatic rings. The Morgan fingerprint density at radius 1 is 1.16 bits per heavy atom. The maximum absolute atomic E-state index is 14.5. The number of nitrogens with one attached hydrogen (secondary N) is 1. The molecule has 0 bridgehead atoms. The largest absolute Gasteiger partial charge is 0.481 e. The van der Waals surface area contributed by atoms with E-state index in [1.807, 2.05) is 23.1 Å². The monoisotopic (exact) mass is 641 g/mol. The summed E-state index contributed by atoms with van der Waals surface area (Å²) in [5.74, 6) is -0.992. The number of carboxylic acids is 1. The van der Waals surface area contributed by atoms with Gasteiger partial charge in [-0.15, -0.1) is 11.6 Å². The number of aliphatic carboxylic acids is 1. The van der Waals surface area contributed by atoms with Crippen LogP contribution in [0.3, 0.4) is 0 Å². The lowest BCUT2D eigenvalue weighted by atomic mass is 9.76. The van der Waals surface area contributed by atoms with Crippen LogP contribution in [-0.2, 0) is 9.59 Å². The highest BCUT2D eigenvalue weighted by Crippen LogP contribution is 2.48. The second-order valence-electron chi connectivity index (χ2n) is 13.8. The van der Waals surface area contributed by atoms with Crippen LogP contribution in [0.2, 0.25) is 0 Å². The summed E-state index contributed by atoms with van der Waals surface area (Å²) in [6, 6.07) is 6.56. The van der Waals surface area contributed by atoms with Crippen LogP contribution in [0.25, 0.3) is 0 Å². The molecule has 7 nitrogen and oxygen atoms in total. The van der Waals surface area contributed by atoms with Crippen LogP contribution in [-0.4, -0.2) is 50.6 Å². The number of amides is 2. The number of aliphatic imine (C=N–C) groups is 1. The van der Waals surface area contributed by atoms with Crippen molar-refractivity contribution in [2.45, 2.75) is 110 Å². The summed E-state index contributed by atoms with van der Waals surface area (Å²) in [5, 5.41) is 12.0. The highest BCUT2D eigenvalue weighted by Gasteiger charge is 2.51. The number of nitrogens with zero attached hydrogens (tertiary/aromatic N) is 2. The first kappa shape index (κ1) is 34.0. The highest BCUT2D eigenvalue weighted by atomic mass is 35.5. The maximum atomic E-state index is 14.5. The zero-order valence-corrected chi connectivity index (χ0v) is 28.1. The van der Waals surface area contributed by atoms with Crippen LogP contribution >= 0.6 is 23.2 Å². The Morgan fingerprint density at radius 3 is 2.39 bits per heavy atom. The van der Waals surface area contributed by atoms with Gasteiger partial charge in [0.15, 0.2) is 0 Å². The Balaban J connectivity index is 1.73. The van der Waals surface area contributed by atoms with Crippen molar-refractivity contribution in [2.75, 3.05) is 0 Å². The lowest BCUT2D eigenvalue weighted by Crippen LogP contribution is -2.50. The molecule has 0 saturated heterocycles. The van der Waals surface area contributed by atoms with Crippen LogP contribution in [0.15, 0.2) is 63.7 Å². The predicted molar refractivity (Wildman–Crippen MR) is 177 cm³/mol. The number of benzene rings is 1. The molecule has 44 heavy (non-hydrogen) atoms. The fraction of sp³-hybridized carbons (Fsp3) is 0.543. The molecule has 1 heterocycles. The zero-order chi connectivity index (χ0) is 32.4. The molecule has 1 aromatic carbocycles. The lowest BCUT2D eigenvalue weighted by molar-refractivity contribution is -0.137. The number of hydrogen-bond acceptors (Lipinski definition) is 4. The number of carbonyl (C=O) groups excluding carboxylic acids is 2. The van der Waals surface area contributed by atoms with Gasteiger partial charge in [0.1, 0.15) is 11.4 Å². The molecule has 2 amide bonds. The van der Waals surface area contributed by atoms with Crippen LogP contribution in [0.5, 0.6) is 0 Å². The Kier molecular flexibility index (Phi) is 10.5. The van der Waals surface area contributed by atoms with Crippen LogP contribution < -0.4 is 5.32 Å². The third kappa shape index (κ3) is 7.84. The number of rotatable bonds is 10. The first-order chi connectivity index (χ1) is 20.6. The molecule has 1 aliphatic heterocycles. The Morgan fingerprint density at radius 2 is 1.84 bits per heavy atom. The smallest absolute Gasteiger partial charge is 0.305 e. The molecule has 4 rings (SSSR count). The Bertz CT molecular complexity index is 1400. The molecule has 0 radical (unpaired) electrons. The van der Waals surface area contributed by atoms with Crippen molar-refractivity contribution >= 4 is 46.7 Å². The van der Waals surface area contributed by atoms with Gasteiger partial charge in [0.2, 0.25) is 0 Å². The van der Waals surface area contributed by atoms with Gasteiger partial charge < -0.3 is 15.3 Å². The number of carboxylic acid groups (broad SMARTS) is 1. The molecule has 2 N–H and O–H groups in total. The van der Waals surface area contributed by atoms with Crippen molar-refractivity contribution in [1.82, 2.24) is 10.2 Å². The van der Waals surface area contributed by atoms with E-state index in [2.05, 4.69) is 46.0 Å². The summed E-state index contributed by atoms with van der Waals surface area (Å²) in [4.78, 5) is 45.7. The van der Waals surface area contributed by atoms with E-state index in [1.54, 1.807) is 25.1 Å². The summed E-state index contributed by atoms with van der Waals surface area (Å²) in [6.07, 6.45) is 10.0. The highest BCUT2D eigenvalue weighted by molar-refractivity contribution is 6.47. The molecule has 0 fully saturated rings. The maximum Gasteiger partial charge on any atom is 0.305 e. The normalized spacial score (nSPS) is 23.6. The van der Waals surface area contributed by atoms with E-state index < -0.39 is 17.7 Å². The van der Waals surface area contributed by atoms with Gasteiger partial charge in [-0.25, -0.2) is 0 Å². The van der Waals surface area contributed by atoms with E-state index in [-0.39, 0.29) is 35.1 Å². The minimum atomic E-state index is -0.969. The van der Waals surface area contributed by atoms with Crippen molar-refractivity contribution in [1.29, 1.82) is 0 Å². The number of carbonyl (C=O) groups is 3. The molecule has 9 heteroatoms. The summed E-state index contributed by atoms with van der Waals surface area (Å²) < 4.78 is 0. The second-order valence-corrected chi connectivity index (χ2v) is 14.8. The molecule has 238 valence electrons. The van der Waals surface area contributed by atoms with E-state index in [0.717, 1.165) is 30.4 Å².